The Morgan fingerprint density at radius 2 is 2.20 bits per heavy atom. The number of likely N-dealkylation sites (N-methyl/N-ethyl adjacent to an activating group) is 1. The smallest absolute Gasteiger partial charge is 0.253 e. The van der Waals surface area contributed by atoms with Crippen LogP contribution in [-0.4, -0.2) is 31.5 Å². The fraction of sp³-hybridized carbons (Fsp3) is 0.267. The number of hydrogen-bond acceptors (Lipinski definition) is 3. The van der Waals surface area contributed by atoms with Gasteiger partial charge in [0.05, 0.1) is 11.6 Å². The van der Waals surface area contributed by atoms with E-state index in [1.165, 1.54) is 4.88 Å². The van der Waals surface area contributed by atoms with Crippen molar-refractivity contribution in [3.8, 4) is 5.75 Å². The van der Waals surface area contributed by atoms with Crippen LogP contribution in [0.3, 0.4) is 0 Å². The van der Waals surface area contributed by atoms with Crippen LogP contribution in [0.1, 0.15) is 15.2 Å². The summed E-state index contributed by atoms with van der Waals surface area (Å²) >= 11 is 5.12. The highest BCUT2D eigenvalue weighted by Gasteiger charge is 2.13. The standard InChI is InChI=1S/C15H16BrNO2S/c1-17(8-7-12-4-3-9-20-12)15(18)11-5-6-14(19-2)13(16)10-11/h3-6,9-10H,7-8H2,1-2H3. The molecule has 0 aliphatic heterocycles. The number of amides is 1. The van der Waals surface area contributed by atoms with Gasteiger partial charge in [-0.05, 0) is 52.0 Å². The summed E-state index contributed by atoms with van der Waals surface area (Å²) in [5.41, 5.74) is 0.659. The van der Waals surface area contributed by atoms with Gasteiger partial charge in [-0.1, -0.05) is 6.07 Å². The van der Waals surface area contributed by atoms with Crippen LogP contribution in [0.4, 0.5) is 0 Å². The van der Waals surface area contributed by atoms with Gasteiger partial charge in [0.2, 0.25) is 0 Å². The number of halogens is 1. The Bertz CT molecular complexity index is 584. The van der Waals surface area contributed by atoms with E-state index < -0.39 is 0 Å². The van der Waals surface area contributed by atoms with Gasteiger partial charge in [-0.3, -0.25) is 4.79 Å². The lowest BCUT2D eigenvalue weighted by molar-refractivity contribution is 0.0797. The van der Waals surface area contributed by atoms with Crippen LogP contribution in [-0.2, 0) is 6.42 Å². The number of rotatable bonds is 5. The number of ether oxygens (including phenoxy) is 1. The number of thiophene rings is 1. The maximum absolute atomic E-state index is 12.3. The second-order valence-electron chi connectivity index (χ2n) is 4.41. The molecule has 0 saturated carbocycles. The predicted molar refractivity (Wildman–Crippen MR) is 85.7 cm³/mol. The van der Waals surface area contributed by atoms with Gasteiger partial charge in [0.15, 0.2) is 0 Å². The molecule has 0 bridgehead atoms. The van der Waals surface area contributed by atoms with Crippen molar-refractivity contribution in [2.45, 2.75) is 6.42 Å². The number of hydrogen-bond donors (Lipinski definition) is 0. The molecule has 1 aromatic heterocycles. The third kappa shape index (κ3) is 3.61. The van der Waals surface area contributed by atoms with Crippen LogP contribution in [0, 0.1) is 0 Å². The van der Waals surface area contributed by atoms with Crippen LogP contribution >= 0.6 is 27.3 Å². The van der Waals surface area contributed by atoms with Gasteiger partial charge in [0, 0.05) is 24.0 Å². The van der Waals surface area contributed by atoms with Crippen LogP contribution < -0.4 is 4.74 Å². The van der Waals surface area contributed by atoms with Crippen molar-refractivity contribution in [2.24, 2.45) is 0 Å². The predicted octanol–water partition coefficient (Wildman–Crippen LogP) is 3.83. The molecule has 0 radical (unpaired) electrons. The van der Waals surface area contributed by atoms with E-state index in [2.05, 4.69) is 27.4 Å². The van der Waals surface area contributed by atoms with Gasteiger partial charge >= 0.3 is 0 Å². The molecule has 0 fully saturated rings. The Morgan fingerprint density at radius 1 is 1.40 bits per heavy atom. The van der Waals surface area contributed by atoms with Gasteiger partial charge in [-0.2, -0.15) is 0 Å². The molecular weight excluding hydrogens is 338 g/mol. The van der Waals surface area contributed by atoms with Crippen molar-refractivity contribution in [3.05, 3.63) is 50.6 Å². The van der Waals surface area contributed by atoms with Crippen molar-refractivity contribution < 1.29 is 9.53 Å². The molecule has 0 aliphatic rings. The molecule has 1 amide bonds. The summed E-state index contributed by atoms with van der Waals surface area (Å²) in [6.07, 6.45) is 0.886. The summed E-state index contributed by atoms with van der Waals surface area (Å²) in [4.78, 5) is 15.4. The topological polar surface area (TPSA) is 29.5 Å². The molecule has 1 aromatic carbocycles. The highest BCUT2D eigenvalue weighted by atomic mass is 79.9. The Kier molecular flexibility index (Phi) is 5.20. The molecule has 5 heteroatoms. The molecule has 0 unspecified atom stereocenters. The fourth-order valence-corrected chi connectivity index (χ4v) is 3.09. The van der Waals surface area contributed by atoms with Crippen LogP contribution in [0.5, 0.6) is 5.75 Å². The average molecular weight is 354 g/mol. The minimum Gasteiger partial charge on any atom is -0.496 e. The summed E-state index contributed by atoms with van der Waals surface area (Å²) < 4.78 is 5.96. The quantitative estimate of drug-likeness (QED) is 0.817. The lowest BCUT2D eigenvalue weighted by atomic mass is 10.2. The van der Waals surface area contributed by atoms with Gasteiger partial charge in [-0.25, -0.2) is 0 Å². The van der Waals surface area contributed by atoms with Crippen LogP contribution in [0.25, 0.3) is 0 Å². The third-order valence-corrected chi connectivity index (χ3v) is 4.58. The first-order valence-electron chi connectivity index (χ1n) is 6.23. The summed E-state index contributed by atoms with van der Waals surface area (Å²) in [5.74, 6) is 0.743. The van der Waals surface area contributed by atoms with E-state index in [0.717, 1.165) is 16.6 Å². The van der Waals surface area contributed by atoms with Crippen molar-refractivity contribution in [1.29, 1.82) is 0 Å². The van der Waals surface area contributed by atoms with E-state index in [4.69, 9.17) is 4.74 Å². The number of carbonyl (C=O) groups is 1. The summed E-state index contributed by atoms with van der Waals surface area (Å²) in [7, 11) is 3.43. The van der Waals surface area contributed by atoms with Crippen molar-refractivity contribution in [2.75, 3.05) is 20.7 Å². The first-order chi connectivity index (χ1) is 9.61. The molecule has 0 N–H and O–H groups in total. The Morgan fingerprint density at radius 3 is 2.80 bits per heavy atom. The molecule has 1 heterocycles. The molecule has 0 aliphatic carbocycles. The minimum absolute atomic E-state index is 0.0184. The molecule has 20 heavy (non-hydrogen) atoms. The first-order valence-corrected chi connectivity index (χ1v) is 7.90. The fourth-order valence-electron chi connectivity index (χ4n) is 1.85. The Labute approximate surface area is 131 Å². The molecule has 0 atom stereocenters. The average Bonchev–Trinajstić information content (AvgIpc) is 2.97. The molecule has 2 aromatic rings. The normalized spacial score (nSPS) is 10.3. The monoisotopic (exact) mass is 353 g/mol. The van der Waals surface area contributed by atoms with E-state index >= 15 is 0 Å². The van der Waals surface area contributed by atoms with Crippen LogP contribution in [0.2, 0.25) is 0 Å². The summed E-state index contributed by atoms with van der Waals surface area (Å²) in [5, 5.41) is 2.05. The van der Waals surface area contributed by atoms with E-state index in [1.54, 1.807) is 41.5 Å². The molecular formula is C15H16BrNO2S. The minimum atomic E-state index is 0.0184. The highest BCUT2D eigenvalue weighted by Crippen LogP contribution is 2.26. The van der Waals surface area contributed by atoms with E-state index in [9.17, 15) is 4.79 Å². The molecule has 0 saturated heterocycles. The van der Waals surface area contributed by atoms with Gasteiger partial charge in [0.1, 0.15) is 5.75 Å². The zero-order chi connectivity index (χ0) is 14.5. The second-order valence-corrected chi connectivity index (χ2v) is 6.29. The number of methoxy groups -OCH3 is 1. The third-order valence-electron chi connectivity index (χ3n) is 3.02. The molecule has 106 valence electrons. The summed E-state index contributed by atoms with van der Waals surface area (Å²) in [6.45, 7) is 0.711. The van der Waals surface area contributed by atoms with E-state index in [0.29, 0.717) is 12.1 Å². The SMILES string of the molecule is COc1ccc(C(=O)N(C)CCc2cccs2)cc1Br. The highest BCUT2D eigenvalue weighted by molar-refractivity contribution is 9.10. The lowest BCUT2D eigenvalue weighted by Gasteiger charge is -2.17. The molecule has 2 rings (SSSR count). The number of carbonyl (C=O) groups excluding carboxylic acids is 1. The zero-order valence-electron chi connectivity index (χ0n) is 11.4. The largest absolute Gasteiger partial charge is 0.496 e. The number of nitrogens with zero attached hydrogens (tertiary/aromatic N) is 1. The Hall–Kier alpha value is -1.33. The second kappa shape index (κ2) is 6.90. The van der Waals surface area contributed by atoms with Crippen molar-refractivity contribution in [3.63, 3.8) is 0 Å². The van der Waals surface area contributed by atoms with Gasteiger partial charge < -0.3 is 9.64 Å². The maximum atomic E-state index is 12.3. The zero-order valence-corrected chi connectivity index (χ0v) is 13.8. The summed E-state index contributed by atoms with van der Waals surface area (Å²) in [6, 6.07) is 9.50. The lowest BCUT2D eigenvalue weighted by Crippen LogP contribution is -2.28. The van der Waals surface area contributed by atoms with Gasteiger partial charge in [-0.15, -0.1) is 11.3 Å². The van der Waals surface area contributed by atoms with E-state index in [-0.39, 0.29) is 5.91 Å². The first kappa shape index (κ1) is 15.1. The van der Waals surface area contributed by atoms with Crippen LogP contribution in [0.15, 0.2) is 40.2 Å². The van der Waals surface area contributed by atoms with Crippen molar-refractivity contribution >= 4 is 33.2 Å². The number of benzene rings is 1. The molecule has 0 spiro atoms. The van der Waals surface area contributed by atoms with Crippen molar-refractivity contribution in [1.82, 2.24) is 4.90 Å². The Balaban J connectivity index is 2.01. The van der Waals surface area contributed by atoms with Gasteiger partial charge in [0.25, 0.3) is 5.91 Å². The molecule has 3 nitrogen and oxygen atoms in total. The van der Waals surface area contributed by atoms with E-state index in [1.807, 2.05) is 13.1 Å². The maximum Gasteiger partial charge on any atom is 0.253 e.